The van der Waals surface area contributed by atoms with E-state index in [4.69, 9.17) is 34.8 Å². The maximum Gasteiger partial charge on any atom is 0.224 e. The third-order valence-corrected chi connectivity index (χ3v) is 7.75. The van der Waals surface area contributed by atoms with E-state index < -0.39 is 0 Å². The second-order valence-corrected chi connectivity index (χ2v) is 10.5. The lowest BCUT2D eigenvalue weighted by Crippen LogP contribution is -2.41. The molecule has 1 N–H and O–H groups in total. The van der Waals surface area contributed by atoms with E-state index in [1.54, 1.807) is 6.07 Å². The van der Waals surface area contributed by atoms with Crippen molar-refractivity contribution in [3.05, 3.63) is 111 Å². The summed E-state index contributed by atoms with van der Waals surface area (Å²) in [5, 5.41) is 10.7. The molecule has 0 radical (unpaired) electrons. The van der Waals surface area contributed by atoms with Crippen LogP contribution in [0, 0.1) is 0 Å². The fourth-order valence-electron chi connectivity index (χ4n) is 5.05. The summed E-state index contributed by atoms with van der Waals surface area (Å²) in [6.45, 7) is 0.0572. The minimum atomic E-state index is -0.00918. The second-order valence-electron chi connectivity index (χ2n) is 8.28. The monoisotopic (exact) mass is 542 g/mol. The van der Waals surface area contributed by atoms with E-state index in [0.717, 1.165) is 16.4 Å². The molecule has 0 amide bonds. The van der Waals surface area contributed by atoms with Gasteiger partial charge in [-0.1, -0.05) is 72.3 Å². The summed E-state index contributed by atoms with van der Waals surface area (Å²) in [7, 11) is 0. The van der Waals surface area contributed by atoms with Gasteiger partial charge in [0.2, 0.25) is 10.6 Å². The van der Waals surface area contributed by atoms with E-state index in [1.165, 1.54) is 22.9 Å². The lowest BCUT2D eigenvalue weighted by molar-refractivity contribution is 0.219. The van der Waals surface area contributed by atoms with Gasteiger partial charge in [0.05, 0.1) is 18.0 Å². The fraction of sp³-hybridized carbons (Fsp3) is 0.231. The number of thioether (sulfide) groups is 1. The van der Waals surface area contributed by atoms with E-state index in [2.05, 4.69) is 44.2 Å². The molecule has 5 rings (SSSR count). The van der Waals surface area contributed by atoms with Crippen LogP contribution in [0.5, 0.6) is 0 Å². The Labute approximate surface area is 222 Å². The summed E-state index contributed by atoms with van der Waals surface area (Å²) in [6.07, 6.45) is 0. The van der Waals surface area contributed by atoms with E-state index >= 15 is 0 Å². The number of nitrogens with zero attached hydrogens (tertiary/aromatic N) is 4. The number of aromatic nitrogens is 4. The fourth-order valence-corrected chi connectivity index (χ4v) is 6.37. The highest BCUT2D eigenvalue weighted by Crippen LogP contribution is 2.66. The Morgan fingerprint density at radius 3 is 1.69 bits per heavy atom. The third kappa shape index (κ3) is 5.18. The van der Waals surface area contributed by atoms with E-state index in [9.17, 15) is 5.11 Å². The zero-order chi connectivity index (χ0) is 24.4. The average Bonchev–Trinajstić information content (AvgIpc) is 2.83. The van der Waals surface area contributed by atoms with Crippen molar-refractivity contribution in [3.63, 3.8) is 0 Å². The van der Waals surface area contributed by atoms with Crippen molar-refractivity contribution in [2.24, 2.45) is 0 Å². The summed E-state index contributed by atoms with van der Waals surface area (Å²) in [4.78, 5) is 17.7. The molecule has 0 saturated heterocycles. The van der Waals surface area contributed by atoms with E-state index in [-0.39, 0.29) is 40.8 Å². The summed E-state index contributed by atoms with van der Waals surface area (Å²) >= 11 is 20.4. The van der Waals surface area contributed by atoms with Gasteiger partial charge < -0.3 is 5.11 Å². The summed E-state index contributed by atoms with van der Waals surface area (Å²) in [5.74, 6) is 0.619. The normalized spacial score (nSPS) is 21.5. The molecule has 4 aromatic rings. The van der Waals surface area contributed by atoms with Gasteiger partial charge in [0.15, 0.2) is 0 Å². The van der Waals surface area contributed by atoms with Gasteiger partial charge in [-0.25, -0.2) is 19.9 Å². The van der Waals surface area contributed by atoms with Crippen molar-refractivity contribution in [2.75, 3.05) is 12.4 Å². The predicted octanol–water partition coefficient (Wildman–Crippen LogP) is 6.76. The van der Waals surface area contributed by atoms with Crippen molar-refractivity contribution in [1.82, 2.24) is 19.9 Å². The number of hydrogen-bond acceptors (Lipinski definition) is 6. The molecule has 1 aliphatic carbocycles. The maximum absolute atomic E-state index is 9.29. The van der Waals surface area contributed by atoms with Crippen LogP contribution in [0.4, 0.5) is 0 Å². The molecule has 35 heavy (non-hydrogen) atoms. The Balaban J connectivity index is 1.68. The number of benzene rings is 2. The molecule has 9 heteroatoms. The Morgan fingerprint density at radius 1 is 0.657 bits per heavy atom. The first-order valence-corrected chi connectivity index (χ1v) is 13.2. The summed E-state index contributed by atoms with van der Waals surface area (Å²) < 4.78 is 0. The summed E-state index contributed by atoms with van der Waals surface area (Å²) in [5.41, 5.74) is 3.99. The standard InChI is InChI=1S/C26H21Cl3N4OS/c27-19-13-17(30-25(28)32-19)23-21(15-7-3-1-4-8-15)24(22(23)16-9-5-2-6-10-16)18-14-20(35-12-11-34)33-26(29)31-18/h1-10,13-14,21-24,34H,11-12H2/t21-,22-,23?,24?/m0/s1. The predicted molar refractivity (Wildman–Crippen MR) is 141 cm³/mol. The van der Waals surface area contributed by atoms with Crippen LogP contribution in [0.2, 0.25) is 15.7 Å². The van der Waals surface area contributed by atoms with Crippen molar-refractivity contribution in [1.29, 1.82) is 0 Å². The molecule has 1 aliphatic rings. The molecule has 2 aromatic carbocycles. The average molecular weight is 544 g/mol. The second kappa shape index (κ2) is 10.8. The van der Waals surface area contributed by atoms with Crippen LogP contribution in [0.3, 0.4) is 0 Å². The Hall–Kier alpha value is -2.22. The van der Waals surface area contributed by atoms with Gasteiger partial charge in [0.1, 0.15) is 10.2 Å². The molecule has 0 spiro atoms. The molecule has 1 fully saturated rings. The van der Waals surface area contributed by atoms with Crippen LogP contribution >= 0.6 is 46.6 Å². The van der Waals surface area contributed by atoms with Gasteiger partial charge in [-0.3, -0.25) is 0 Å². The zero-order valence-corrected chi connectivity index (χ0v) is 21.5. The van der Waals surface area contributed by atoms with Crippen LogP contribution < -0.4 is 0 Å². The maximum atomic E-state index is 9.29. The van der Waals surface area contributed by atoms with Crippen LogP contribution in [0.15, 0.2) is 77.8 Å². The van der Waals surface area contributed by atoms with Crippen LogP contribution in [0.1, 0.15) is 46.2 Å². The Morgan fingerprint density at radius 2 is 1.17 bits per heavy atom. The Bertz CT molecular complexity index is 1250. The van der Waals surface area contributed by atoms with E-state index in [0.29, 0.717) is 10.9 Å². The molecular weight excluding hydrogens is 523 g/mol. The highest BCUT2D eigenvalue weighted by atomic mass is 35.5. The molecule has 2 heterocycles. The minimum Gasteiger partial charge on any atom is -0.396 e. The van der Waals surface area contributed by atoms with Crippen LogP contribution in [0.25, 0.3) is 0 Å². The molecule has 5 nitrogen and oxygen atoms in total. The molecule has 1 saturated carbocycles. The van der Waals surface area contributed by atoms with Crippen LogP contribution in [-0.2, 0) is 0 Å². The van der Waals surface area contributed by atoms with Gasteiger partial charge >= 0.3 is 0 Å². The number of aliphatic hydroxyl groups is 1. The zero-order valence-electron chi connectivity index (χ0n) is 18.4. The molecular formula is C26H21Cl3N4OS. The van der Waals surface area contributed by atoms with Crippen LogP contribution in [-0.4, -0.2) is 37.4 Å². The van der Waals surface area contributed by atoms with Crippen molar-refractivity contribution < 1.29 is 5.11 Å². The van der Waals surface area contributed by atoms with Gasteiger partial charge in [0, 0.05) is 29.4 Å². The third-order valence-electron chi connectivity index (χ3n) is 6.32. The van der Waals surface area contributed by atoms with Crippen molar-refractivity contribution in [3.8, 4) is 0 Å². The summed E-state index contributed by atoms with van der Waals surface area (Å²) in [6, 6.07) is 24.4. The first-order valence-electron chi connectivity index (χ1n) is 11.1. The number of aliphatic hydroxyl groups excluding tert-OH is 1. The van der Waals surface area contributed by atoms with Gasteiger partial charge in [-0.2, -0.15) is 0 Å². The van der Waals surface area contributed by atoms with Gasteiger partial charge in [0.25, 0.3) is 0 Å². The highest BCUT2D eigenvalue weighted by molar-refractivity contribution is 7.99. The first kappa shape index (κ1) is 24.5. The smallest absolute Gasteiger partial charge is 0.224 e. The lowest BCUT2D eigenvalue weighted by Gasteiger charge is -2.52. The number of halogens is 3. The SMILES string of the molecule is OCCSc1cc(C2[C@@H](c3ccccc3)C(c3cc(Cl)nc(Cl)n3)[C@@H]2c2ccccc2)nc(Cl)n1. The van der Waals surface area contributed by atoms with Gasteiger partial charge in [-0.15, -0.1) is 11.8 Å². The molecule has 0 bridgehead atoms. The number of rotatable bonds is 7. The molecule has 178 valence electrons. The molecule has 2 atom stereocenters. The lowest BCUT2D eigenvalue weighted by atomic mass is 9.50. The first-order chi connectivity index (χ1) is 17.0. The highest BCUT2D eigenvalue weighted by Gasteiger charge is 2.54. The largest absolute Gasteiger partial charge is 0.396 e. The van der Waals surface area contributed by atoms with Crippen molar-refractivity contribution >= 4 is 46.6 Å². The molecule has 0 unspecified atom stereocenters. The molecule has 2 aromatic heterocycles. The Kier molecular flexibility index (Phi) is 7.56. The van der Waals surface area contributed by atoms with Gasteiger partial charge in [-0.05, 0) is 46.5 Å². The minimum absolute atomic E-state index is 0.00583. The quantitative estimate of drug-likeness (QED) is 0.158. The molecule has 0 aliphatic heterocycles. The van der Waals surface area contributed by atoms with E-state index in [1.807, 2.05) is 42.5 Å². The van der Waals surface area contributed by atoms with Crippen molar-refractivity contribution in [2.45, 2.75) is 28.7 Å². The number of hydrogen-bond donors (Lipinski definition) is 1. The topological polar surface area (TPSA) is 71.8 Å².